The van der Waals surface area contributed by atoms with Crippen LogP contribution in [0.4, 0.5) is 65.4 Å². The van der Waals surface area contributed by atoms with Crippen molar-refractivity contribution in [2.45, 2.75) is 41.5 Å². The molecule has 1 fully saturated rings. The zero-order valence-corrected chi connectivity index (χ0v) is 12.1. The van der Waals surface area contributed by atoms with Crippen molar-refractivity contribution in [3.8, 4) is 0 Å². The molecule has 0 N–H and O–H groups in total. The first-order chi connectivity index (χ1) is 11.3. The second-order valence-electron chi connectivity index (χ2n) is 4.62. The van der Waals surface area contributed by atoms with E-state index in [1.54, 1.807) is 4.74 Å². The molecule has 0 unspecified atom stereocenters. The summed E-state index contributed by atoms with van der Waals surface area (Å²) < 4.78 is 215. The quantitative estimate of drug-likeness (QED) is 0.362. The summed E-state index contributed by atoms with van der Waals surface area (Å²) in [5.41, 5.74) is 0. The molecule has 27 heavy (non-hydrogen) atoms. The summed E-state index contributed by atoms with van der Waals surface area (Å²) in [6.45, 7) is 0. The third kappa shape index (κ3) is 2.81. The maximum atomic E-state index is 13.4. The van der Waals surface area contributed by atoms with Crippen molar-refractivity contribution < 1.29 is 78.5 Å². The van der Waals surface area contributed by atoms with Gasteiger partial charge in [-0.1, -0.05) is 8.79 Å². The summed E-state index contributed by atoms with van der Waals surface area (Å²) in [6, 6.07) is -23.4. The fourth-order valence-corrected chi connectivity index (χ4v) is 1.97. The molecular weight excluding hydrogens is 463 g/mol. The summed E-state index contributed by atoms with van der Waals surface area (Å²) in [7, 11) is -8.20. The predicted octanol–water partition coefficient (Wildman–Crippen LogP) is 3.81. The first-order valence-corrected chi connectivity index (χ1v) is 6.80. The van der Waals surface area contributed by atoms with Gasteiger partial charge in [-0.2, -0.15) is 69.9 Å². The van der Waals surface area contributed by atoms with Gasteiger partial charge in [-0.05, 0) is 0 Å². The molecule has 0 aromatic rings. The van der Waals surface area contributed by atoms with Crippen LogP contribution in [0.25, 0.3) is 0 Å². The number of hydrogen-bond donors (Lipinski definition) is 0. The molecule has 0 atom stereocenters. The van der Waals surface area contributed by atoms with Crippen LogP contribution in [0.1, 0.15) is 0 Å². The number of hydrogen-bond acceptors (Lipinski definition) is 4. The monoisotopic (exact) mass is 463 g/mol. The first kappa shape index (κ1) is 23.9. The van der Waals surface area contributed by atoms with E-state index in [4.69, 9.17) is 0 Å². The number of alkyl halides is 14. The second-order valence-corrected chi connectivity index (χ2v) is 6.01. The van der Waals surface area contributed by atoms with Crippen molar-refractivity contribution in [1.82, 2.24) is 4.90 Å². The molecule has 0 bridgehead atoms. The minimum Gasteiger partial charge on any atom is -0.243 e. The highest BCUT2D eigenvalue weighted by Crippen LogP contribution is 2.62. The molecule has 1 aliphatic heterocycles. The van der Waals surface area contributed by atoms with Crippen molar-refractivity contribution >= 4 is 10.2 Å². The number of rotatable bonds is 4. The molecule has 1 rings (SSSR count). The van der Waals surface area contributed by atoms with Crippen molar-refractivity contribution in [3.63, 3.8) is 0 Å². The highest BCUT2D eigenvalue weighted by atomic mass is 32.3. The fourth-order valence-electron chi connectivity index (χ4n) is 1.54. The molecule has 1 aliphatic rings. The zero-order chi connectivity index (χ0) is 22.3. The molecule has 0 amide bonds. The molecule has 1 saturated heterocycles. The Kier molecular flexibility index (Phi) is 4.82. The van der Waals surface area contributed by atoms with Crippen LogP contribution in [-0.4, -0.2) is 54.9 Å². The van der Waals surface area contributed by atoms with Crippen LogP contribution in [0.3, 0.4) is 0 Å². The molecule has 0 spiro atoms. The average Bonchev–Trinajstić information content (AvgIpc) is 2.32. The maximum absolute atomic E-state index is 13.4. The Labute approximate surface area is 136 Å². The third-order valence-corrected chi connectivity index (χ3v) is 3.72. The Bertz CT molecular complexity index is 689. The van der Waals surface area contributed by atoms with Crippen LogP contribution < -0.4 is 0 Å². The van der Waals surface area contributed by atoms with E-state index in [0.29, 0.717) is 0 Å². The van der Waals surface area contributed by atoms with Gasteiger partial charge < -0.3 is 0 Å². The molecule has 0 saturated carbocycles. The smallest absolute Gasteiger partial charge is 0.243 e. The molecule has 0 aliphatic carbocycles. The minimum atomic E-state index is -8.22. The van der Waals surface area contributed by atoms with E-state index < -0.39 is 56.7 Å². The van der Waals surface area contributed by atoms with E-state index in [1.807, 2.05) is 0 Å². The molecular formula is C7F15NO3S. The van der Waals surface area contributed by atoms with Crippen LogP contribution in [0, 0.1) is 0 Å². The molecule has 0 aromatic heterocycles. The van der Waals surface area contributed by atoms with Crippen molar-refractivity contribution in [2.75, 3.05) is 0 Å². The van der Waals surface area contributed by atoms with Gasteiger partial charge in [0, 0.05) is 0 Å². The number of morpholine rings is 1. The fraction of sp³-hybridized carbons (Fsp3) is 1.00. The van der Waals surface area contributed by atoms with Crippen LogP contribution in [0.2, 0.25) is 0 Å². The second kappa shape index (κ2) is 5.45. The highest BCUT2D eigenvalue weighted by Gasteiger charge is 2.93. The van der Waals surface area contributed by atoms with Gasteiger partial charge in [0.15, 0.2) is 0 Å². The van der Waals surface area contributed by atoms with E-state index in [1.165, 1.54) is 0 Å². The van der Waals surface area contributed by atoms with E-state index >= 15 is 0 Å². The standard InChI is InChI=1S/C7F15NO3S/c8-1(9,7(20,21)27(22,24)25)2(10,11)23-3(12,13)5(16,17)26-6(18,19)4(23,14)15. The van der Waals surface area contributed by atoms with Crippen LogP contribution in [0.5, 0.6) is 0 Å². The van der Waals surface area contributed by atoms with Gasteiger partial charge in [-0.3, -0.25) is 0 Å². The molecule has 0 aromatic carbocycles. The Morgan fingerprint density at radius 1 is 0.704 bits per heavy atom. The van der Waals surface area contributed by atoms with Gasteiger partial charge >= 0.3 is 51.8 Å². The first-order valence-electron chi connectivity index (χ1n) is 5.42. The lowest BCUT2D eigenvalue weighted by Gasteiger charge is -2.50. The van der Waals surface area contributed by atoms with Gasteiger partial charge in [0.25, 0.3) is 0 Å². The predicted molar refractivity (Wildman–Crippen MR) is 47.6 cm³/mol. The minimum absolute atomic E-state index is 1.62. The number of nitrogens with zero attached hydrogens (tertiary/aromatic N) is 1. The Morgan fingerprint density at radius 3 is 1.26 bits per heavy atom. The third-order valence-electron chi connectivity index (χ3n) is 2.85. The van der Waals surface area contributed by atoms with E-state index in [-0.39, 0.29) is 0 Å². The van der Waals surface area contributed by atoms with Crippen molar-refractivity contribution in [3.05, 3.63) is 0 Å². The summed E-state index contributed by atoms with van der Waals surface area (Å²) in [5.74, 6) is -8.20. The van der Waals surface area contributed by atoms with Gasteiger partial charge in [0.05, 0.1) is 0 Å². The van der Waals surface area contributed by atoms with E-state index in [0.717, 1.165) is 0 Å². The highest BCUT2D eigenvalue weighted by molar-refractivity contribution is 7.87. The van der Waals surface area contributed by atoms with E-state index in [2.05, 4.69) is 0 Å². The lowest BCUT2D eigenvalue weighted by Crippen LogP contribution is -2.81. The van der Waals surface area contributed by atoms with Crippen molar-refractivity contribution in [2.24, 2.45) is 0 Å². The Balaban J connectivity index is 3.85. The lowest BCUT2D eigenvalue weighted by molar-refractivity contribution is -0.595. The molecule has 20 heteroatoms. The Hall–Kier alpha value is -1.18. The topological polar surface area (TPSA) is 46.6 Å². The van der Waals surface area contributed by atoms with E-state index in [9.17, 15) is 73.8 Å². The SMILES string of the molecule is O=S(=O)(F)C(F)(F)C(F)(F)C(F)(F)N1C(F)(F)C(F)(F)OC(F)(F)C1(F)F. The largest absolute Gasteiger partial charge is 0.444 e. The van der Waals surface area contributed by atoms with Crippen molar-refractivity contribution in [1.29, 1.82) is 0 Å². The summed E-state index contributed by atoms with van der Waals surface area (Å²) >= 11 is 0. The average molecular weight is 463 g/mol. The number of halogens is 15. The van der Waals surface area contributed by atoms with Crippen LogP contribution >= 0.6 is 0 Å². The molecule has 1 heterocycles. The molecule has 4 nitrogen and oxygen atoms in total. The molecule has 162 valence electrons. The van der Waals surface area contributed by atoms with Gasteiger partial charge in [0.1, 0.15) is 0 Å². The normalized spacial score (nSPS) is 26.0. The van der Waals surface area contributed by atoms with Crippen LogP contribution in [0.15, 0.2) is 0 Å². The summed E-state index contributed by atoms with van der Waals surface area (Å²) in [4.78, 5) is -4.37. The van der Waals surface area contributed by atoms with Gasteiger partial charge in [0.2, 0.25) is 0 Å². The molecule has 0 radical (unpaired) electrons. The summed E-state index contributed by atoms with van der Waals surface area (Å²) in [5, 5.41) is -7.81. The van der Waals surface area contributed by atoms with Crippen LogP contribution in [-0.2, 0) is 15.0 Å². The van der Waals surface area contributed by atoms with Gasteiger partial charge in [-0.25, -0.2) is 4.74 Å². The summed E-state index contributed by atoms with van der Waals surface area (Å²) in [6.07, 6.45) is -14.2. The lowest BCUT2D eigenvalue weighted by atomic mass is 10.1. The maximum Gasteiger partial charge on any atom is 0.444 e. The van der Waals surface area contributed by atoms with Gasteiger partial charge in [-0.15, -0.1) is 0 Å². The zero-order valence-electron chi connectivity index (χ0n) is 11.2. The number of ether oxygens (including phenoxy) is 1. The Morgan fingerprint density at radius 2 is 1.00 bits per heavy atom.